The van der Waals surface area contributed by atoms with Crippen molar-refractivity contribution in [3.63, 3.8) is 0 Å². The first-order valence-electron chi connectivity index (χ1n) is 8.13. The fourth-order valence-electron chi connectivity index (χ4n) is 3.57. The number of fused-ring (bicyclic) bond motifs is 2. The summed E-state index contributed by atoms with van der Waals surface area (Å²) in [6.45, 7) is 0.548. The number of rotatable bonds is 4. The molecule has 120 valence electrons. The van der Waals surface area contributed by atoms with Gasteiger partial charge in [-0.15, -0.1) is 0 Å². The van der Waals surface area contributed by atoms with Crippen LogP contribution in [0.4, 0.5) is 5.82 Å². The van der Waals surface area contributed by atoms with Gasteiger partial charge >= 0.3 is 0 Å². The molecule has 2 aromatic heterocycles. The Labute approximate surface area is 140 Å². The highest BCUT2D eigenvalue weighted by Crippen LogP contribution is 2.38. The van der Waals surface area contributed by atoms with E-state index in [0.29, 0.717) is 19.0 Å². The van der Waals surface area contributed by atoms with Crippen molar-refractivity contribution in [3.05, 3.63) is 47.9 Å². The summed E-state index contributed by atoms with van der Waals surface area (Å²) in [6.07, 6.45) is 5.99. The summed E-state index contributed by atoms with van der Waals surface area (Å²) in [4.78, 5) is 11.1. The molecule has 6 nitrogen and oxygen atoms in total. The van der Waals surface area contributed by atoms with Crippen LogP contribution in [0.25, 0.3) is 11.0 Å². The number of hydrogen-bond acceptors (Lipinski definition) is 5. The van der Waals surface area contributed by atoms with Crippen molar-refractivity contribution in [1.29, 1.82) is 5.26 Å². The van der Waals surface area contributed by atoms with Crippen LogP contribution in [0, 0.1) is 11.3 Å². The minimum absolute atomic E-state index is 0.321. The zero-order chi connectivity index (χ0) is 16.5. The predicted octanol–water partition coefficient (Wildman–Crippen LogP) is 2.86. The van der Waals surface area contributed by atoms with Crippen LogP contribution in [-0.2, 0) is 13.0 Å². The Morgan fingerprint density at radius 1 is 1.33 bits per heavy atom. The van der Waals surface area contributed by atoms with Crippen LogP contribution in [0.15, 0.2) is 36.8 Å². The Kier molecular flexibility index (Phi) is 3.62. The van der Waals surface area contributed by atoms with E-state index in [-0.39, 0.29) is 0 Å². The maximum Gasteiger partial charge on any atom is 0.163 e. The number of hydrogen-bond donors (Lipinski definition) is 0. The van der Waals surface area contributed by atoms with E-state index in [1.807, 2.05) is 0 Å². The average molecular weight is 318 g/mol. The Hall–Kier alpha value is -2.94. The molecule has 0 spiro atoms. The Balaban J connectivity index is 1.72. The van der Waals surface area contributed by atoms with Crippen molar-refractivity contribution in [2.45, 2.75) is 31.8 Å². The van der Waals surface area contributed by atoms with Gasteiger partial charge in [0.25, 0.3) is 0 Å². The van der Waals surface area contributed by atoms with Crippen LogP contribution in [0.1, 0.15) is 30.0 Å². The van der Waals surface area contributed by atoms with Gasteiger partial charge in [0.1, 0.15) is 12.1 Å². The number of nitriles is 1. The standard InChI is InChI=1S/C18H18N6/c1-23(16-8-7-13-5-2-3-6-14(13)16)17-15-11-22-24(10-4-9-19)18(15)21-12-20-17/h2-3,5-6,11-12,16H,4,7-8,10H2,1H3/t16-/m1/s1. The molecule has 0 amide bonds. The third kappa shape index (κ3) is 2.29. The molecular weight excluding hydrogens is 300 g/mol. The maximum atomic E-state index is 8.78. The number of aryl methyl sites for hydroxylation is 2. The van der Waals surface area contributed by atoms with Crippen LogP contribution in [0.3, 0.4) is 0 Å². The van der Waals surface area contributed by atoms with E-state index in [0.717, 1.165) is 29.7 Å². The first-order valence-corrected chi connectivity index (χ1v) is 8.13. The third-order valence-corrected chi connectivity index (χ3v) is 4.75. The fourth-order valence-corrected chi connectivity index (χ4v) is 3.57. The molecule has 1 aromatic carbocycles. The molecule has 1 atom stereocenters. The highest BCUT2D eigenvalue weighted by Gasteiger charge is 2.27. The van der Waals surface area contributed by atoms with Crippen molar-refractivity contribution in [1.82, 2.24) is 19.7 Å². The van der Waals surface area contributed by atoms with Gasteiger partial charge in [0, 0.05) is 7.05 Å². The molecule has 0 saturated heterocycles. The first kappa shape index (κ1) is 14.6. The van der Waals surface area contributed by atoms with Crippen molar-refractivity contribution in [2.75, 3.05) is 11.9 Å². The quantitative estimate of drug-likeness (QED) is 0.740. The lowest BCUT2D eigenvalue weighted by Gasteiger charge is -2.26. The smallest absolute Gasteiger partial charge is 0.163 e. The molecule has 0 unspecified atom stereocenters. The zero-order valence-corrected chi connectivity index (χ0v) is 13.6. The first-order chi connectivity index (χ1) is 11.8. The molecular formula is C18H18N6. The van der Waals surface area contributed by atoms with Gasteiger partial charge in [-0.1, -0.05) is 24.3 Å². The van der Waals surface area contributed by atoms with Crippen LogP contribution in [-0.4, -0.2) is 26.8 Å². The molecule has 3 aromatic rings. The van der Waals surface area contributed by atoms with E-state index in [2.05, 4.69) is 57.3 Å². The summed E-state index contributed by atoms with van der Waals surface area (Å²) >= 11 is 0. The topological polar surface area (TPSA) is 70.6 Å². The molecule has 2 heterocycles. The van der Waals surface area contributed by atoms with Gasteiger partial charge < -0.3 is 4.90 Å². The third-order valence-electron chi connectivity index (χ3n) is 4.75. The summed E-state index contributed by atoms with van der Waals surface area (Å²) in [5, 5.41) is 14.1. The molecule has 24 heavy (non-hydrogen) atoms. The number of aromatic nitrogens is 4. The minimum Gasteiger partial charge on any atom is -0.352 e. The number of anilines is 1. The number of benzene rings is 1. The molecule has 0 radical (unpaired) electrons. The van der Waals surface area contributed by atoms with E-state index >= 15 is 0 Å². The lowest BCUT2D eigenvalue weighted by atomic mass is 10.1. The van der Waals surface area contributed by atoms with Gasteiger partial charge in [-0.25, -0.2) is 14.6 Å². The summed E-state index contributed by atoms with van der Waals surface area (Å²) < 4.78 is 1.78. The normalized spacial score (nSPS) is 16.1. The molecule has 1 aliphatic carbocycles. The Morgan fingerprint density at radius 3 is 3.08 bits per heavy atom. The van der Waals surface area contributed by atoms with Crippen LogP contribution in [0.2, 0.25) is 0 Å². The van der Waals surface area contributed by atoms with Crippen LogP contribution < -0.4 is 4.90 Å². The second-order valence-electron chi connectivity index (χ2n) is 6.07. The molecule has 0 aliphatic heterocycles. The SMILES string of the molecule is CN(c1ncnc2c1cnn2CCC#N)[C@@H]1CCc2ccccc21. The van der Waals surface area contributed by atoms with E-state index in [1.165, 1.54) is 11.1 Å². The van der Waals surface area contributed by atoms with Crippen molar-refractivity contribution >= 4 is 16.9 Å². The van der Waals surface area contributed by atoms with E-state index < -0.39 is 0 Å². The number of nitrogens with zero attached hydrogens (tertiary/aromatic N) is 6. The van der Waals surface area contributed by atoms with Crippen molar-refractivity contribution in [2.24, 2.45) is 0 Å². The van der Waals surface area contributed by atoms with Crippen LogP contribution in [0.5, 0.6) is 0 Å². The lowest BCUT2D eigenvalue weighted by molar-refractivity contribution is 0.642. The lowest BCUT2D eigenvalue weighted by Crippen LogP contribution is -2.23. The molecule has 6 heteroatoms. The summed E-state index contributed by atoms with van der Waals surface area (Å²) in [5.41, 5.74) is 3.58. The molecule has 4 rings (SSSR count). The van der Waals surface area contributed by atoms with Gasteiger partial charge in [0.15, 0.2) is 5.65 Å². The van der Waals surface area contributed by atoms with E-state index in [4.69, 9.17) is 5.26 Å². The van der Waals surface area contributed by atoms with Gasteiger partial charge in [-0.3, -0.25) is 0 Å². The van der Waals surface area contributed by atoms with Gasteiger partial charge in [0.05, 0.1) is 36.7 Å². The summed E-state index contributed by atoms with van der Waals surface area (Å²) in [5.74, 6) is 0.893. The zero-order valence-electron chi connectivity index (χ0n) is 13.6. The highest BCUT2D eigenvalue weighted by molar-refractivity contribution is 5.86. The fraction of sp³-hybridized carbons (Fsp3) is 0.333. The molecule has 0 saturated carbocycles. The largest absolute Gasteiger partial charge is 0.352 e. The molecule has 1 aliphatic rings. The highest BCUT2D eigenvalue weighted by atomic mass is 15.3. The summed E-state index contributed by atoms with van der Waals surface area (Å²) in [7, 11) is 2.08. The Morgan fingerprint density at radius 2 is 2.21 bits per heavy atom. The van der Waals surface area contributed by atoms with Gasteiger partial charge in [-0.2, -0.15) is 10.4 Å². The van der Waals surface area contributed by atoms with E-state index in [9.17, 15) is 0 Å². The van der Waals surface area contributed by atoms with E-state index in [1.54, 1.807) is 17.2 Å². The van der Waals surface area contributed by atoms with Crippen LogP contribution >= 0.6 is 0 Å². The second-order valence-corrected chi connectivity index (χ2v) is 6.07. The monoisotopic (exact) mass is 318 g/mol. The van der Waals surface area contributed by atoms with Crippen molar-refractivity contribution < 1.29 is 0 Å². The Bertz CT molecular complexity index is 923. The van der Waals surface area contributed by atoms with Crippen molar-refractivity contribution in [3.8, 4) is 6.07 Å². The predicted molar refractivity (Wildman–Crippen MR) is 91.5 cm³/mol. The summed E-state index contributed by atoms with van der Waals surface area (Å²) in [6, 6.07) is 11.1. The molecule has 0 bridgehead atoms. The minimum atomic E-state index is 0.321. The second kappa shape index (κ2) is 5.93. The average Bonchev–Trinajstić information content (AvgIpc) is 3.23. The van der Waals surface area contributed by atoms with Gasteiger partial charge in [-0.05, 0) is 24.0 Å². The molecule has 0 fully saturated rings. The molecule has 0 N–H and O–H groups in total. The van der Waals surface area contributed by atoms with Gasteiger partial charge in [0.2, 0.25) is 0 Å². The maximum absolute atomic E-state index is 8.78.